The Morgan fingerprint density at radius 3 is 2.46 bits per heavy atom. The van der Waals surface area contributed by atoms with E-state index in [-0.39, 0.29) is 5.91 Å². The standard InChI is InChI=1S/C24H33N3O/c1-5-18(2)21-10-6-7-11-22(21)25-24(28)17-26-13-15-27(16-14-26)23-12-8-9-19(3)20(23)4/h6-12,18H,5,13-17H2,1-4H3,(H,25,28)/t18-/m1/s1. The minimum atomic E-state index is 0.0796. The van der Waals surface area contributed by atoms with Crippen molar-refractivity contribution >= 4 is 17.3 Å². The summed E-state index contributed by atoms with van der Waals surface area (Å²) in [5.41, 5.74) is 6.19. The number of amides is 1. The molecule has 4 heteroatoms. The van der Waals surface area contributed by atoms with Crippen LogP contribution in [0.1, 0.15) is 42.9 Å². The third kappa shape index (κ3) is 4.74. The van der Waals surface area contributed by atoms with Crippen LogP contribution in [0, 0.1) is 13.8 Å². The first-order chi connectivity index (χ1) is 13.5. The van der Waals surface area contributed by atoms with E-state index in [2.05, 4.69) is 67.1 Å². The van der Waals surface area contributed by atoms with Gasteiger partial charge in [0.05, 0.1) is 6.54 Å². The average Bonchev–Trinajstić information content (AvgIpc) is 2.70. The van der Waals surface area contributed by atoms with Gasteiger partial charge in [0.15, 0.2) is 0 Å². The van der Waals surface area contributed by atoms with Crippen molar-refractivity contribution in [2.24, 2.45) is 0 Å². The van der Waals surface area contributed by atoms with Crippen molar-refractivity contribution in [1.82, 2.24) is 4.90 Å². The first-order valence-corrected chi connectivity index (χ1v) is 10.4. The number of rotatable bonds is 6. The highest BCUT2D eigenvalue weighted by atomic mass is 16.2. The van der Waals surface area contributed by atoms with Crippen LogP contribution in [0.4, 0.5) is 11.4 Å². The Kier molecular flexibility index (Phi) is 6.74. The molecule has 1 heterocycles. The monoisotopic (exact) mass is 379 g/mol. The highest BCUT2D eigenvalue weighted by molar-refractivity contribution is 5.93. The Labute approximate surface area is 169 Å². The van der Waals surface area contributed by atoms with Crippen LogP contribution in [0.2, 0.25) is 0 Å². The van der Waals surface area contributed by atoms with Crippen molar-refractivity contribution in [2.75, 3.05) is 42.9 Å². The van der Waals surface area contributed by atoms with E-state index in [0.29, 0.717) is 12.5 Å². The fourth-order valence-corrected chi connectivity index (χ4v) is 3.88. The van der Waals surface area contributed by atoms with Gasteiger partial charge < -0.3 is 10.2 Å². The fourth-order valence-electron chi connectivity index (χ4n) is 3.88. The summed E-state index contributed by atoms with van der Waals surface area (Å²) in [7, 11) is 0. The number of para-hydroxylation sites is 1. The molecule has 1 aliphatic rings. The Balaban J connectivity index is 1.55. The molecule has 0 bridgehead atoms. The maximum Gasteiger partial charge on any atom is 0.238 e. The normalized spacial score (nSPS) is 16.1. The number of nitrogens with zero attached hydrogens (tertiary/aromatic N) is 2. The van der Waals surface area contributed by atoms with Gasteiger partial charge in [0.25, 0.3) is 0 Å². The smallest absolute Gasteiger partial charge is 0.238 e. The maximum absolute atomic E-state index is 12.6. The number of carbonyl (C=O) groups is 1. The third-order valence-corrected chi connectivity index (χ3v) is 6.03. The molecule has 4 nitrogen and oxygen atoms in total. The van der Waals surface area contributed by atoms with Gasteiger partial charge in [0.1, 0.15) is 0 Å². The average molecular weight is 380 g/mol. The van der Waals surface area contributed by atoms with Crippen molar-refractivity contribution < 1.29 is 4.79 Å². The summed E-state index contributed by atoms with van der Waals surface area (Å²) in [6, 6.07) is 14.7. The zero-order valence-electron chi connectivity index (χ0n) is 17.7. The highest BCUT2D eigenvalue weighted by Crippen LogP contribution is 2.27. The molecule has 2 aromatic carbocycles. The Bertz CT molecular complexity index is 809. The SMILES string of the molecule is CC[C@@H](C)c1ccccc1NC(=O)CN1CCN(c2cccc(C)c2C)CC1. The molecular weight excluding hydrogens is 346 g/mol. The van der Waals surface area contributed by atoms with Gasteiger partial charge >= 0.3 is 0 Å². The number of anilines is 2. The maximum atomic E-state index is 12.6. The molecule has 3 rings (SSSR count). The van der Waals surface area contributed by atoms with Crippen LogP contribution in [-0.2, 0) is 4.79 Å². The molecule has 0 aromatic heterocycles. The summed E-state index contributed by atoms with van der Waals surface area (Å²) in [6.45, 7) is 12.9. The van der Waals surface area contributed by atoms with Gasteiger partial charge in [-0.1, -0.05) is 44.2 Å². The molecule has 0 aliphatic carbocycles. The second-order valence-electron chi connectivity index (χ2n) is 7.93. The van der Waals surface area contributed by atoms with Crippen molar-refractivity contribution in [3.05, 3.63) is 59.2 Å². The molecule has 0 unspecified atom stereocenters. The minimum Gasteiger partial charge on any atom is -0.369 e. The predicted molar refractivity (Wildman–Crippen MR) is 118 cm³/mol. The Hall–Kier alpha value is -2.33. The molecule has 150 valence electrons. The van der Waals surface area contributed by atoms with Crippen LogP contribution in [0.25, 0.3) is 0 Å². The van der Waals surface area contributed by atoms with E-state index in [1.54, 1.807) is 0 Å². The molecule has 0 spiro atoms. The lowest BCUT2D eigenvalue weighted by molar-refractivity contribution is -0.117. The van der Waals surface area contributed by atoms with Crippen LogP contribution in [0.3, 0.4) is 0 Å². The summed E-state index contributed by atoms with van der Waals surface area (Å²) in [4.78, 5) is 17.3. The Morgan fingerprint density at radius 2 is 1.75 bits per heavy atom. The van der Waals surface area contributed by atoms with Gasteiger partial charge in [-0.15, -0.1) is 0 Å². The van der Waals surface area contributed by atoms with Gasteiger partial charge in [-0.25, -0.2) is 0 Å². The molecule has 1 atom stereocenters. The van der Waals surface area contributed by atoms with Crippen molar-refractivity contribution in [2.45, 2.75) is 40.0 Å². The number of carbonyl (C=O) groups excluding carboxylic acids is 1. The number of benzene rings is 2. The van der Waals surface area contributed by atoms with Crippen LogP contribution < -0.4 is 10.2 Å². The van der Waals surface area contributed by atoms with Gasteiger partial charge in [-0.2, -0.15) is 0 Å². The molecule has 1 aliphatic heterocycles. The van der Waals surface area contributed by atoms with Gasteiger partial charge in [-0.05, 0) is 55.0 Å². The number of hydrogen-bond donors (Lipinski definition) is 1. The molecule has 0 radical (unpaired) electrons. The summed E-state index contributed by atoms with van der Waals surface area (Å²) in [5.74, 6) is 0.522. The van der Waals surface area contributed by atoms with Crippen molar-refractivity contribution in [1.29, 1.82) is 0 Å². The summed E-state index contributed by atoms with van der Waals surface area (Å²) < 4.78 is 0. The zero-order chi connectivity index (χ0) is 20.1. The molecule has 2 aromatic rings. The van der Waals surface area contributed by atoms with Gasteiger partial charge in [0, 0.05) is 37.6 Å². The third-order valence-electron chi connectivity index (χ3n) is 6.03. The second kappa shape index (κ2) is 9.24. The van der Waals surface area contributed by atoms with E-state index in [4.69, 9.17) is 0 Å². The van der Waals surface area contributed by atoms with Crippen LogP contribution in [0.15, 0.2) is 42.5 Å². The molecule has 28 heavy (non-hydrogen) atoms. The number of piperazine rings is 1. The van der Waals surface area contributed by atoms with E-state index in [1.807, 2.05) is 18.2 Å². The highest BCUT2D eigenvalue weighted by Gasteiger charge is 2.21. The first-order valence-electron chi connectivity index (χ1n) is 10.4. The second-order valence-corrected chi connectivity index (χ2v) is 7.93. The summed E-state index contributed by atoms with van der Waals surface area (Å²) in [6.07, 6.45) is 1.06. The molecule has 1 fully saturated rings. The fraction of sp³-hybridized carbons (Fsp3) is 0.458. The minimum absolute atomic E-state index is 0.0796. The largest absolute Gasteiger partial charge is 0.369 e. The number of aryl methyl sites for hydroxylation is 1. The van der Waals surface area contributed by atoms with Crippen molar-refractivity contribution in [3.63, 3.8) is 0 Å². The van der Waals surface area contributed by atoms with Gasteiger partial charge in [0.2, 0.25) is 5.91 Å². The topological polar surface area (TPSA) is 35.6 Å². The van der Waals surface area contributed by atoms with E-state index in [0.717, 1.165) is 38.3 Å². The quantitative estimate of drug-likeness (QED) is 0.798. The molecule has 1 saturated heterocycles. The van der Waals surface area contributed by atoms with E-state index in [9.17, 15) is 4.79 Å². The van der Waals surface area contributed by atoms with E-state index < -0.39 is 0 Å². The van der Waals surface area contributed by atoms with Crippen LogP contribution >= 0.6 is 0 Å². The van der Waals surface area contributed by atoms with Crippen LogP contribution in [0.5, 0.6) is 0 Å². The first kappa shape index (κ1) is 20.4. The lowest BCUT2D eigenvalue weighted by Crippen LogP contribution is -2.48. The van der Waals surface area contributed by atoms with Crippen LogP contribution in [-0.4, -0.2) is 43.5 Å². The zero-order valence-corrected chi connectivity index (χ0v) is 17.7. The molecule has 1 N–H and O–H groups in total. The summed E-state index contributed by atoms with van der Waals surface area (Å²) >= 11 is 0. The lowest BCUT2D eigenvalue weighted by Gasteiger charge is -2.36. The molecule has 1 amide bonds. The predicted octanol–water partition coefficient (Wildman–Crippen LogP) is 4.58. The number of hydrogen-bond acceptors (Lipinski definition) is 3. The Morgan fingerprint density at radius 1 is 1.04 bits per heavy atom. The lowest BCUT2D eigenvalue weighted by atomic mass is 9.97. The van der Waals surface area contributed by atoms with Crippen molar-refractivity contribution in [3.8, 4) is 0 Å². The molecular formula is C24H33N3O. The molecule has 0 saturated carbocycles. The number of nitrogens with one attached hydrogen (secondary N) is 1. The van der Waals surface area contributed by atoms with E-state index >= 15 is 0 Å². The van der Waals surface area contributed by atoms with E-state index in [1.165, 1.54) is 22.4 Å². The summed E-state index contributed by atoms with van der Waals surface area (Å²) in [5, 5.41) is 3.14. The van der Waals surface area contributed by atoms with Gasteiger partial charge in [-0.3, -0.25) is 9.69 Å².